The van der Waals surface area contributed by atoms with Crippen molar-refractivity contribution in [2.24, 2.45) is 0 Å². The van der Waals surface area contributed by atoms with Gasteiger partial charge in [0.05, 0.1) is 0 Å². The summed E-state index contributed by atoms with van der Waals surface area (Å²) >= 11 is 5.83. The van der Waals surface area contributed by atoms with Crippen LogP contribution in [0.25, 0.3) is 5.82 Å². The fourth-order valence-electron chi connectivity index (χ4n) is 2.09. The van der Waals surface area contributed by atoms with Gasteiger partial charge >= 0.3 is 0 Å². The minimum atomic E-state index is 0.439. The molecule has 6 heteroatoms. The molecule has 2 aromatic heterocycles. The SMILES string of the molecule is Cc1nccn1-c1cc(OCCOc2ccc(Cl)cc2)ccn1. The van der Waals surface area contributed by atoms with E-state index in [1.807, 2.05) is 42.0 Å². The zero-order valence-electron chi connectivity index (χ0n) is 12.6. The number of rotatable bonds is 6. The van der Waals surface area contributed by atoms with E-state index >= 15 is 0 Å². The summed E-state index contributed by atoms with van der Waals surface area (Å²) < 4.78 is 13.2. The molecule has 0 radical (unpaired) electrons. The molecule has 0 spiro atoms. The molecule has 5 nitrogen and oxygen atoms in total. The molecule has 0 bridgehead atoms. The van der Waals surface area contributed by atoms with Crippen molar-refractivity contribution in [1.29, 1.82) is 0 Å². The number of hydrogen-bond acceptors (Lipinski definition) is 4. The van der Waals surface area contributed by atoms with Crippen molar-refractivity contribution in [2.45, 2.75) is 6.92 Å². The smallest absolute Gasteiger partial charge is 0.141 e. The van der Waals surface area contributed by atoms with Gasteiger partial charge in [0.1, 0.15) is 36.4 Å². The number of pyridine rings is 1. The summed E-state index contributed by atoms with van der Waals surface area (Å²) in [5, 5.41) is 0.688. The standard InChI is InChI=1S/C17H16ClN3O2/c1-13-19-8-9-21(13)17-12-16(6-7-20-17)23-11-10-22-15-4-2-14(18)3-5-15/h2-9,12H,10-11H2,1H3. The van der Waals surface area contributed by atoms with E-state index in [4.69, 9.17) is 21.1 Å². The first-order valence-corrected chi connectivity index (χ1v) is 7.58. The van der Waals surface area contributed by atoms with Crippen molar-refractivity contribution < 1.29 is 9.47 Å². The quantitative estimate of drug-likeness (QED) is 0.647. The third kappa shape index (κ3) is 4.02. The molecule has 0 aliphatic rings. The lowest BCUT2D eigenvalue weighted by Crippen LogP contribution is -2.09. The molecule has 0 N–H and O–H groups in total. The number of aromatic nitrogens is 3. The Hall–Kier alpha value is -2.53. The molecule has 0 unspecified atom stereocenters. The maximum absolute atomic E-state index is 5.83. The second-order valence-electron chi connectivity index (χ2n) is 4.85. The summed E-state index contributed by atoms with van der Waals surface area (Å²) in [6.07, 6.45) is 5.32. The maximum atomic E-state index is 5.83. The van der Waals surface area contributed by atoms with E-state index < -0.39 is 0 Å². The number of ether oxygens (including phenoxy) is 2. The number of aryl methyl sites for hydroxylation is 1. The Morgan fingerprint density at radius 3 is 2.39 bits per heavy atom. The van der Waals surface area contributed by atoms with Gasteiger partial charge < -0.3 is 9.47 Å². The van der Waals surface area contributed by atoms with Crippen LogP contribution in [0.5, 0.6) is 11.5 Å². The van der Waals surface area contributed by atoms with E-state index in [2.05, 4.69) is 9.97 Å². The molecule has 0 saturated carbocycles. The van der Waals surface area contributed by atoms with Crippen LogP contribution >= 0.6 is 11.6 Å². The predicted octanol–water partition coefficient (Wildman–Crippen LogP) is 3.69. The van der Waals surface area contributed by atoms with Crippen LogP contribution in [0.1, 0.15) is 5.82 Å². The Bertz CT molecular complexity index is 772. The molecule has 0 saturated heterocycles. The van der Waals surface area contributed by atoms with Gasteiger partial charge in [0.2, 0.25) is 0 Å². The third-order valence-electron chi connectivity index (χ3n) is 3.22. The monoisotopic (exact) mass is 329 g/mol. The minimum absolute atomic E-state index is 0.439. The molecule has 0 amide bonds. The first-order valence-electron chi connectivity index (χ1n) is 7.20. The predicted molar refractivity (Wildman–Crippen MR) is 88.5 cm³/mol. The molecule has 0 aliphatic heterocycles. The number of imidazole rings is 1. The largest absolute Gasteiger partial charge is 0.490 e. The Balaban J connectivity index is 1.54. The maximum Gasteiger partial charge on any atom is 0.141 e. The highest BCUT2D eigenvalue weighted by molar-refractivity contribution is 6.30. The van der Waals surface area contributed by atoms with E-state index in [1.165, 1.54) is 0 Å². The molecule has 1 aromatic carbocycles. The Labute approximate surface area is 139 Å². The van der Waals surface area contributed by atoms with Crippen molar-refractivity contribution in [2.75, 3.05) is 13.2 Å². The van der Waals surface area contributed by atoms with Crippen LogP contribution in [0.2, 0.25) is 5.02 Å². The van der Waals surface area contributed by atoms with Gasteiger partial charge in [-0.15, -0.1) is 0 Å². The Kier molecular flexibility index (Phi) is 4.78. The second kappa shape index (κ2) is 7.15. The first kappa shape index (κ1) is 15.4. The average molecular weight is 330 g/mol. The van der Waals surface area contributed by atoms with E-state index in [9.17, 15) is 0 Å². The molecule has 0 aliphatic carbocycles. The van der Waals surface area contributed by atoms with Gasteiger partial charge in [0.15, 0.2) is 0 Å². The van der Waals surface area contributed by atoms with Gasteiger partial charge in [-0.05, 0) is 37.3 Å². The summed E-state index contributed by atoms with van der Waals surface area (Å²) in [6, 6.07) is 10.9. The molecule has 0 fully saturated rings. The molecule has 0 atom stereocenters. The summed E-state index contributed by atoms with van der Waals surface area (Å²) in [4.78, 5) is 8.52. The van der Waals surface area contributed by atoms with E-state index in [0.717, 1.165) is 23.1 Å². The van der Waals surface area contributed by atoms with Crippen molar-refractivity contribution in [1.82, 2.24) is 14.5 Å². The third-order valence-corrected chi connectivity index (χ3v) is 3.48. The van der Waals surface area contributed by atoms with Gasteiger partial charge in [-0.1, -0.05) is 11.6 Å². The number of hydrogen-bond donors (Lipinski definition) is 0. The number of nitrogens with zero attached hydrogens (tertiary/aromatic N) is 3. The molecular formula is C17H16ClN3O2. The lowest BCUT2D eigenvalue weighted by molar-refractivity contribution is 0.217. The highest BCUT2D eigenvalue weighted by atomic mass is 35.5. The molecule has 3 aromatic rings. The van der Waals surface area contributed by atoms with Crippen LogP contribution in [0.3, 0.4) is 0 Å². The number of benzene rings is 1. The van der Waals surface area contributed by atoms with Crippen LogP contribution in [0.4, 0.5) is 0 Å². The molecule has 2 heterocycles. The van der Waals surface area contributed by atoms with Gasteiger partial charge in [0.25, 0.3) is 0 Å². The Morgan fingerprint density at radius 2 is 1.70 bits per heavy atom. The topological polar surface area (TPSA) is 49.2 Å². The zero-order chi connectivity index (χ0) is 16.1. The lowest BCUT2D eigenvalue weighted by atomic mass is 10.3. The van der Waals surface area contributed by atoms with E-state index in [0.29, 0.717) is 18.2 Å². The van der Waals surface area contributed by atoms with Crippen LogP contribution in [-0.2, 0) is 0 Å². The zero-order valence-corrected chi connectivity index (χ0v) is 13.4. The van der Waals surface area contributed by atoms with Gasteiger partial charge in [0, 0.05) is 29.7 Å². The van der Waals surface area contributed by atoms with E-state index in [-0.39, 0.29) is 0 Å². The highest BCUT2D eigenvalue weighted by Crippen LogP contribution is 2.17. The molecule has 3 rings (SSSR count). The summed E-state index contributed by atoms with van der Waals surface area (Å²) in [7, 11) is 0. The summed E-state index contributed by atoms with van der Waals surface area (Å²) in [5.74, 6) is 3.15. The van der Waals surface area contributed by atoms with Crippen LogP contribution in [0.15, 0.2) is 55.0 Å². The minimum Gasteiger partial charge on any atom is -0.490 e. The summed E-state index contributed by atoms with van der Waals surface area (Å²) in [5.41, 5.74) is 0. The molecule has 118 valence electrons. The van der Waals surface area contributed by atoms with Gasteiger partial charge in [-0.25, -0.2) is 9.97 Å². The van der Waals surface area contributed by atoms with Crippen molar-refractivity contribution in [3.05, 3.63) is 65.8 Å². The summed E-state index contributed by atoms with van der Waals surface area (Å²) in [6.45, 7) is 2.81. The van der Waals surface area contributed by atoms with Gasteiger partial charge in [-0.3, -0.25) is 4.57 Å². The molecular weight excluding hydrogens is 314 g/mol. The van der Waals surface area contributed by atoms with Crippen LogP contribution in [0, 0.1) is 6.92 Å². The van der Waals surface area contributed by atoms with Crippen LogP contribution in [-0.4, -0.2) is 27.7 Å². The fraction of sp³-hybridized carbons (Fsp3) is 0.176. The molecule has 23 heavy (non-hydrogen) atoms. The van der Waals surface area contributed by atoms with Crippen LogP contribution < -0.4 is 9.47 Å². The Morgan fingerprint density at radius 1 is 0.957 bits per heavy atom. The number of halogens is 1. The average Bonchev–Trinajstić information content (AvgIpc) is 3.00. The van der Waals surface area contributed by atoms with Crippen molar-refractivity contribution in [3.8, 4) is 17.3 Å². The van der Waals surface area contributed by atoms with Crippen molar-refractivity contribution in [3.63, 3.8) is 0 Å². The second-order valence-corrected chi connectivity index (χ2v) is 5.28. The van der Waals surface area contributed by atoms with E-state index in [1.54, 1.807) is 24.5 Å². The highest BCUT2D eigenvalue weighted by Gasteiger charge is 2.03. The fourth-order valence-corrected chi connectivity index (χ4v) is 2.22. The lowest BCUT2D eigenvalue weighted by Gasteiger charge is -2.10. The normalized spacial score (nSPS) is 10.5. The van der Waals surface area contributed by atoms with Crippen molar-refractivity contribution >= 4 is 11.6 Å². The van der Waals surface area contributed by atoms with Gasteiger partial charge in [-0.2, -0.15) is 0 Å². The first-order chi connectivity index (χ1) is 11.2.